The van der Waals surface area contributed by atoms with Crippen molar-refractivity contribution in [3.63, 3.8) is 0 Å². The van der Waals surface area contributed by atoms with Crippen molar-refractivity contribution in [2.24, 2.45) is 11.8 Å². The molecule has 1 aliphatic rings. The van der Waals surface area contributed by atoms with E-state index in [0.717, 1.165) is 18.1 Å². The van der Waals surface area contributed by atoms with Crippen molar-refractivity contribution in [3.8, 4) is 5.75 Å². The van der Waals surface area contributed by atoms with Crippen molar-refractivity contribution in [1.29, 1.82) is 0 Å². The molecule has 1 aromatic carbocycles. The van der Waals surface area contributed by atoms with Gasteiger partial charge in [0.25, 0.3) is 0 Å². The Morgan fingerprint density at radius 3 is 2.74 bits per heavy atom. The fourth-order valence-electron chi connectivity index (χ4n) is 3.16. The number of hydrazine groups is 1. The molecule has 0 saturated heterocycles. The molecule has 1 fully saturated rings. The third-order valence-electron chi connectivity index (χ3n) is 4.30. The lowest BCUT2D eigenvalue weighted by atomic mass is 9.94. The van der Waals surface area contributed by atoms with Gasteiger partial charge < -0.3 is 4.74 Å². The number of nitrogens with one attached hydrogen (secondary N) is 1. The van der Waals surface area contributed by atoms with E-state index in [-0.39, 0.29) is 6.04 Å². The lowest BCUT2D eigenvalue weighted by Crippen LogP contribution is -2.28. The van der Waals surface area contributed by atoms with Crippen LogP contribution < -0.4 is 16.0 Å². The van der Waals surface area contributed by atoms with Crippen molar-refractivity contribution in [1.82, 2.24) is 5.43 Å². The van der Waals surface area contributed by atoms with Crippen LogP contribution in [-0.4, -0.2) is 7.11 Å². The Kier molecular flexibility index (Phi) is 5.23. The monoisotopic (exact) mass is 262 g/mol. The number of methoxy groups -OCH3 is 1. The molecule has 0 spiro atoms. The first-order chi connectivity index (χ1) is 9.24. The molecule has 0 heterocycles. The van der Waals surface area contributed by atoms with Crippen LogP contribution in [0, 0.1) is 12.8 Å². The summed E-state index contributed by atoms with van der Waals surface area (Å²) in [5.74, 6) is 7.58. The molecule has 3 N–H and O–H groups in total. The molecule has 1 atom stereocenters. The van der Waals surface area contributed by atoms with Crippen molar-refractivity contribution in [3.05, 3.63) is 29.3 Å². The smallest absolute Gasteiger partial charge is 0.123 e. The summed E-state index contributed by atoms with van der Waals surface area (Å²) in [6, 6.07) is 6.48. The predicted molar refractivity (Wildman–Crippen MR) is 79.0 cm³/mol. The Bertz CT molecular complexity index is 400. The fourth-order valence-corrected chi connectivity index (χ4v) is 3.16. The number of nitrogens with two attached hydrogens (primary N) is 1. The first-order valence-electron chi connectivity index (χ1n) is 7.35. The largest absolute Gasteiger partial charge is 0.496 e. The molecule has 0 radical (unpaired) electrons. The minimum atomic E-state index is 0.190. The number of aryl methyl sites for hydroxylation is 1. The molecule has 0 aromatic heterocycles. The van der Waals surface area contributed by atoms with Crippen molar-refractivity contribution < 1.29 is 4.74 Å². The highest BCUT2D eigenvalue weighted by atomic mass is 16.5. The molecule has 0 bridgehead atoms. The van der Waals surface area contributed by atoms with Gasteiger partial charge in [-0.15, -0.1) is 0 Å². The Morgan fingerprint density at radius 1 is 1.37 bits per heavy atom. The normalized spacial score (nSPS) is 17.6. The second-order valence-electron chi connectivity index (χ2n) is 5.69. The van der Waals surface area contributed by atoms with E-state index >= 15 is 0 Å². The van der Waals surface area contributed by atoms with E-state index in [4.69, 9.17) is 10.6 Å². The Hall–Kier alpha value is -1.06. The van der Waals surface area contributed by atoms with Gasteiger partial charge in [0.15, 0.2) is 0 Å². The van der Waals surface area contributed by atoms with Crippen LogP contribution in [0.25, 0.3) is 0 Å². The Balaban J connectivity index is 2.05. The van der Waals surface area contributed by atoms with Gasteiger partial charge in [-0.25, -0.2) is 0 Å². The van der Waals surface area contributed by atoms with Gasteiger partial charge in [0, 0.05) is 11.6 Å². The highest BCUT2D eigenvalue weighted by Crippen LogP contribution is 2.34. The molecular weight excluding hydrogens is 236 g/mol. The zero-order chi connectivity index (χ0) is 13.7. The number of ether oxygens (including phenoxy) is 1. The van der Waals surface area contributed by atoms with Crippen LogP contribution >= 0.6 is 0 Å². The molecule has 0 amide bonds. The van der Waals surface area contributed by atoms with Crippen molar-refractivity contribution >= 4 is 0 Å². The quantitative estimate of drug-likeness (QED) is 0.609. The summed E-state index contributed by atoms with van der Waals surface area (Å²) in [5.41, 5.74) is 5.39. The summed E-state index contributed by atoms with van der Waals surface area (Å²) in [7, 11) is 1.72. The molecule has 3 heteroatoms. The second-order valence-corrected chi connectivity index (χ2v) is 5.69. The van der Waals surface area contributed by atoms with Gasteiger partial charge in [-0.1, -0.05) is 43.4 Å². The van der Waals surface area contributed by atoms with E-state index in [1.807, 2.05) is 6.07 Å². The molecule has 1 aliphatic carbocycles. The standard InChI is InChI=1S/C16H26N2O/c1-12-7-10-16(19-2)14(11-12)15(18-17)9-8-13-5-3-4-6-13/h7,10-11,13,15,18H,3-6,8-9,17H2,1-2H3. The summed E-state index contributed by atoms with van der Waals surface area (Å²) in [4.78, 5) is 0. The van der Waals surface area contributed by atoms with Gasteiger partial charge in [0.2, 0.25) is 0 Å². The summed E-state index contributed by atoms with van der Waals surface area (Å²) in [6.07, 6.45) is 7.93. The molecular formula is C16H26N2O. The Labute approximate surface area is 116 Å². The van der Waals surface area contributed by atoms with Crippen LogP contribution in [0.5, 0.6) is 5.75 Å². The third kappa shape index (κ3) is 3.71. The first-order valence-corrected chi connectivity index (χ1v) is 7.35. The molecule has 1 saturated carbocycles. The maximum Gasteiger partial charge on any atom is 0.123 e. The maximum atomic E-state index is 5.76. The van der Waals surface area contributed by atoms with Crippen LogP contribution in [-0.2, 0) is 0 Å². The van der Waals surface area contributed by atoms with Crippen molar-refractivity contribution in [2.45, 2.75) is 51.5 Å². The summed E-state index contributed by atoms with van der Waals surface area (Å²) >= 11 is 0. The number of benzene rings is 1. The lowest BCUT2D eigenvalue weighted by molar-refractivity contribution is 0.380. The number of hydrogen-bond acceptors (Lipinski definition) is 3. The van der Waals surface area contributed by atoms with E-state index in [1.54, 1.807) is 7.11 Å². The minimum Gasteiger partial charge on any atom is -0.496 e. The predicted octanol–water partition coefficient (Wildman–Crippen LogP) is 3.48. The summed E-state index contributed by atoms with van der Waals surface area (Å²) < 4.78 is 5.46. The zero-order valence-electron chi connectivity index (χ0n) is 12.1. The summed E-state index contributed by atoms with van der Waals surface area (Å²) in [5, 5.41) is 0. The highest BCUT2D eigenvalue weighted by Gasteiger charge is 2.19. The van der Waals surface area contributed by atoms with E-state index in [1.165, 1.54) is 43.2 Å². The molecule has 3 nitrogen and oxygen atoms in total. The molecule has 1 unspecified atom stereocenters. The van der Waals surface area contributed by atoms with Crippen LogP contribution in [0.4, 0.5) is 0 Å². The van der Waals surface area contributed by atoms with Gasteiger partial charge >= 0.3 is 0 Å². The van der Waals surface area contributed by atoms with Crippen LogP contribution in [0.15, 0.2) is 18.2 Å². The minimum absolute atomic E-state index is 0.190. The summed E-state index contributed by atoms with van der Waals surface area (Å²) in [6.45, 7) is 2.10. The zero-order valence-corrected chi connectivity index (χ0v) is 12.1. The maximum absolute atomic E-state index is 5.76. The average Bonchev–Trinajstić information content (AvgIpc) is 2.93. The van der Waals surface area contributed by atoms with E-state index in [2.05, 4.69) is 24.5 Å². The lowest BCUT2D eigenvalue weighted by Gasteiger charge is -2.21. The van der Waals surface area contributed by atoms with Gasteiger partial charge in [0.1, 0.15) is 5.75 Å². The SMILES string of the molecule is COc1ccc(C)cc1C(CCC1CCCC1)NN. The highest BCUT2D eigenvalue weighted by molar-refractivity contribution is 5.39. The average molecular weight is 262 g/mol. The molecule has 2 rings (SSSR count). The fraction of sp³-hybridized carbons (Fsp3) is 0.625. The van der Waals surface area contributed by atoms with Crippen LogP contribution in [0.2, 0.25) is 0 Å². The van der Waals surface area contributed by atoms with Crippen LogP contribution in [0.3, 0.4) is 0 Å². The third-order valence-corrected chi connectivity index (χ3v) is 4.30. The van der Waals surface area contributed by atoms with Crippen molar-refractivity contribution in [2.75, 3.05) is 7.11 Å². The topological polar surface area (TPSA) is 47.3 Å². The molecule has 19 heavy (non-hydrogen) atoms. The number of hydrogen-bond donors (Lipinski definition) is 2. The van der Waals surface area contributed by atoms with Gasteiger partial charge in [-0.2, -0.15) is 0 Å². The second kappa shape index (κ2) is 6.92. The van der Waals surface area contributed by atoms with Gasteiger partial charge in [-0.05, 0) is 31.7 Å². The van der Waals surface area contributed by atoms with E-state index in [0.29, 0.717) is 0 Å². The Morgan fingerprint density at radius 2 is 2.11 bits per heavy atom. The van der Waals surface area contributed by atoms with Gasteiger partial charge in [0.05, 0.1) is 7.11 Å². The number of rotatable bonds is 6. The van der Waals surface area contributed by atoms with Gasteiger partial charge in [-0.3, -0.25) is 11.3 Å². The molecule has 106 valence electrons. The van der Waals surface area contributed by atoms with E-state index in [9.17, 15) is 0 Å². The first kappa shape index (κ1) is 14.4. The molecule has 1 aromatic rings. The van der Waals surface area contributed by atoms with E-state index < -0.39 is 0 Å². The molecule has 0 aliphatic heterocycles. The van der Waals surface area contributed by atoms with Crippen LogP contribution in [0.1, 0.15) is 55.7 Å².